The van der Waals surface area contributed by atoms with E-state index in [1.165, 1.54) is 12.1 Å². The van der Waals surface area contributed by atoms with Crippen molar-refractivity contribution >= 4 is 11.7 Å². The maximum atomic E-state index is 11.0. The minimum atomic E-state index is -0.751. The van der Waals surface area contributed by atoms with Gasteiger partial charge in [0.05, 0.1) is 17.4 Å². The van der Waals surface area contributed by atoms with Crippen LogP contribution in [-0.4, -0.2) is 34.0 Å². The van der Waals surface area contributed by atoms with Gasteiger partial charge in [-0.05, 0) is 37.2 Å². The third-order valence-electron chi connectivity index (χ3n) is 4.03. The second kappa shape index (κ2) is 6.21. The number of likely N-dealkylation sites (tertiary alicyclic amines) is 1. The Balaban J connectivity index is 1.66. The average molecular weight is 316 g/mol. The molecule has 0 radical (unpaired) electrons. The maximum Gasteiger partial charge on any atom is 0.307 e. The molecule has 0 amide bonds. The van der Waals surface area contributed by atoms with Crippen molar-refractivity contribution < 1.29 is 19.2 Å². The number of carboxylic acids is 1. The molecule has 0 aliphatic carbocycles. The second-order valence-corrected chi connectivity index (χ2v) is 5.63. The second-order valence-electron chi connectivity index (χ2n) is 5.63. The number of non-ortho nitro benzene ring substituents is 1. The Morgan fingerprint density at radius 2 is 2.04 bits per heavy atom. The molecule has 1 aromatic carbocycles. The largest absolute Gasteiger partial charge is 0.481 e. The summed E-state index contributed by atoms with van der Waals surface area (Å²) in [6.07, 6.45) is 0.658. The Bertz CT molecular complexity index is 722. The van der Waals surface area contributed by atoms with Crippen LogP contribution in [0.25, 0.3) is 11.3 Å². The van der Waals surface area contributed by atoms with Crippen molar-refractivity contribution in [3.8, 4) is 11.3 Å². The molecule has 1 aliphatic heterocycles. The number of hydrogen-bond acceptors (Lipinski definition) is 5. The highest BCUT2D eigenvalue weighted by Gasteiger charge is 2.28. The molecule has 2 heterocycles. The highest BCUT2D eigenvalue weighted by atomic mass is 16.6. The van der Waals surface area contributed by atoms with Gasteiger partial charge in [0.25, 0.3) is 5.69 Å². The summed E-state index contributed by atoms with van der Waals surface area (Å²) < 4.78 is 5.77. The first-order valence-electron chi connectivity index (χ1n) is 7.31. The Kier molecular flexibility index (Phi) is 4.12. The van der Waals surface area contributed by atoms with E-state index in [4.69, 9.17) is 9.52 Å². The molecular weight excluding hydrogens is 300 g/mol. The number of benzene rings is 1. The highest BCUT2D eigenvalue weighted by molar-refractivity contribution is 5.70. The Morgan fingerprint density at radius 3 is 2.65 bits per heavy atom. The van der Waals surface area contributed by atoms with Gasteiger partial charge in [-0.1, -0.05) is 0 Å². The van der Waals surface area contributed by atoms with E-state index >= 15 is 0 Å². The highest BCUT2D eigenvalue weighted by Crippen LogP contribution is 2.26. The molecule has 0 spiro atoms. The average Bonchev–Trinajstić information content (AvgIpc) is 3.17. The van der Waals surface area contributed by atoms with Crippen molar-refractivity contribution in [1.82, 2.24) is 4.90 Å². The molecule has 0 saturated carbocycles. The monoisotopic (exact) mass is 316 g/mol. The fourth-order valence-electron chi connectivity index (χ4n) is 2.76. The van der Waals surface area contributed by atoms with E-state index in [9.17, 15) is 14.9 Å². The topological polar surface area (TPSA) is 96.8 Å². The smallest absolute Gasteiger partial charge is 0.307 e. The molecule has 7 heteroatoms. The van der Waals surface area contributed by atoms with Crippen molar-refractivity contribution in [2.45, 2.75) is 13.0 Å². The van der Waals surface area contributed by atoms with E-state index in [0.29, 0.717) is 25.3 Å². The summed E-state index contributed by atoms with van der Waals surface area (Å²) in [7, 11) is 0. The van der Waals surface area contributed by atoms with Gasteiger partial charge in [-0.2, -0.15) is 0 Å². The van der Waals surface area contributed by atoms with Crippen LogP contribution in [0.2, 0.25) is 0 Å². The summed E-state index contributed by atoms with van der Waals surface area (Å²) >= 11 is 0. The van der Waals surface area contributed by atoms with Gasteiger partial charge in [0.2, 0.25) is 0 Å². The predicted molar refractivity (Wildman–Crippen MR) is 81.8 cm³/mol. The summed E-state index contributed by atoms with van der Waals surface area (Å²) in [5.74, 6) is 0.339. The van der Waals surface area contributed by atoms with Crippen LogP contribution in [0.15, 0.2) is 40.8 Å². The molecule has 1 unspecified atom stereocenters. The molecule has 1 N–H and O–H groups in total. The Morgan fingerprint density at radius 1 is 1.30 bits per heavy atom. The number of nitro benzene ring substituents is 1. The number of aliphatic carboxylic acids is 1. The number of nitro groups is 1. The van der Waals surface area contributed by atoms with Gasteiger partial charge in [0.1, 0.15) is 11.5 Å². The standard InChI is InChI=1S/C16H16N2O5/c19-16(20)12-7-8-17(9-12)10-14-5-6-15(23-14)11-1-3-13(4-2-11)18(21)22/h1-6,12H,7-10H2,(H,19,20). The quantitative estimate of drug-likeness (QED) is 0.673. The van der Waals surface area contributed by atoms with E-state index < -0.39 is 10.9 Å². The molecule has 1 atom stereocenters. The third kappa shape index (κ3) is 3.40. The SMILES string of the molecule is O=C(O)C1CCN(Cc2ccc(-c3ccc([N+](=O)[O-])cc3)o2)C1. The van der Waals surface area contributed by atoms with Crippen LogP contribution in [0.5, 0.6) is 0 Å². The summed E-state index contributed by atoms with van der Waals surface area (Å²) in [5.41, 5.74) is 0.809. The van der Waals surface area contributed by atoms with Crippen molar-refractivity contribution in [1.29, 1.82) is 0 Å². The molecule has 1 saturated heterocycles. The van der Waals surface area contributed by atoms with Gasteiger partial charge >= 0.3 is 5.97 Å². The minimum absolute atomic E-state index is 0.0392. The summed E-state index contributed by atoms with van der Waals surface area (Å²) in [6, 6.07) is 9.85. The van der Waals surface area contributed by atoms with Crippen LogP contribution in [0.1, 0.15) is 12.2 Å². The van der Waals surface area contributed by atoms with Crippen LogP contribution in [0.4, 0.5) is 5.69 Å². The van der Waals surface area contributed by atoms with Crippen LogP contribution >= 0.6 is 0 Å². The molecule has 2 aromatic rings. The van der Waals surface area contributed by atoms with Crippen molar-refractivity contribution in [2.24, 2.45) is 5.92 Å². The fourth-order valence-corrected chi connectivity index (χ4v) is 2.76. The Hall–Kier alpha value is -2.67. The van der Waals surface area contributed by atoms with Gasteiger partial charge in [0.15, 0.2) is 0 Å². The normalized spacial score (nSPS) is 18.2. The molecule has 3 rings (SSSR count). The minimum Gasteiger partial charge on any atom is -0.481 e. The lowest BCUT2D eigenvalue weighted by atomic mass is 10.1. The lowest BCUT2D eigenvalue weighted by Gasteiger charge is -2.12. The van der Waals surface area contributed by atoms with Gasteiger partial charge in [-0.3, -0.25) is 19.8 Å². The first kappa shape index (κ1) is 15.2. The number of rotatable bonds is 5. The molecule has 120 valence electrons. The molecule has 23 heavy (non-hydrogen) atoms. The van der Waals surface area contributed by atoms with Crippen molar-refractivity contribution in [2.75, 3.05) is 13.1 Å². The van der Waals surface area contributed by atoms with Crippen molar-refractivity contribution in [3.05, 3.63) is 52.3 Å². The van der Waals surface area contributed by atoms with Crippen LogP contribution in [0.3, 0.4) is 0 Å². The van der Waals surface area contributed by atoms with E-state index in [2.05, 4.69) is 4.90 Å². The molecule has 0 bridgehead atoms. The third-order valence-corrected chi connectivity index (χ3v) is 4.03. The predicted octanol–water partition coefficient (Wildman–Crippen LogP) is 2.76. The van der Waals surface area contributed by atoms with Gasteiger partial charge in [-0.25, -0.2) is 0 Å². The van der Waals surface area contributed by atoms with Crippen LogP contribution in [-0.2, 0) is 11.3 Å². The molecule has 7 nitrogen and oxygen atoms in total. The van der Waals surface area contributed by atoms with Gasteiger partial charge in [0, 0.05) is 24.2 Å². The van der Waals surface area contributed by atoms with Crippen molar-refractivity contribution in [3.63, 3.8) is 0 Å². The van der Waals surface area contributed by atoms with Gasteiger partial charge in [-0.15, -0.1) is 0 Å². The lowest BCUT2D eigenvalue weighted by molar-refractivity contribution is -0.384. The summed E-state index contributed by atoms with van der Waals surface area (Å²) in [6.45, 7) is 1.84. The molecule has 1 aliphatic rings. The number of carbonyl (C=O) groups is 1. The summed E-state index contributed by atoms with van der Waals surface area (Å²) in [5, 5.41) is 19.7. The lowest BCUT2D eigenvalue weighted by Crippen LogP contribution is -2.22. The zero-order valence-electron chi connectivity index (χ0n) is 12.3. The molecule has 1 aromatic heterocycles. The zero-order valence-corrected chi connectivity index (χ0v) is 12.3. The van der Waals surface area contributed by atoms with Crippen LogP contribution in [0, 0.1) is 16.0 Å². The maximum absolute atomic E-state index is 11.0. The Labute approximate surface area is 132 Å². The van der Waals surface area contributed by atoms with E-state index in [1.807, 2.05) is 12.1 Å². The number of nitrogens with zero attached hydrogens (tertiary/aromatic N) is 2. The molecule has 1 fully saturated rings. The first-order chi connectivity index (χ1) is 11.0. The van der Waals surface area contributed by atoms with E-state index in [-0.39, 0.29) is 11.6 Å². The zero-order chi connectivity index (χ0) is 16.4. The molecular formula is C16H16N2O5. The first-order valence-corrected chi connectivity index (χ1v) is 7.31. The van der Waals surface area contributed by atoms with Gasteiger partial charge < -0.3 is 9.52 Å². The fraction of sp³-hybridized carbons (Fsp3) is 0.312. The van der Waals surface area contributed by atoms with E-state index in [1.54, 1.807) is 12.1 Å². The van der Waals surface area contributed by atoms with E-state index in [0.717, 1.165) is 17.9 Å². The number of carboxylic acid groups (broad SMARTS) is 1. The number of furan rings is 1. The summed E-state index contributed by atoms with van der Waals surface area (Å²) in [4.78, 5) is 23.2. The number of hydrogen-bond donors (Lipinski definition) is 1. The van der Waals surface area contributed by atoms with Crippen LogP contribution < -0.4 is 0 Å².